The van der Waals surface area contributed by atoms with Gasteiger partial charge in [-0.05, 0) is 80.3 Å². The molecule has 2 aromatic carbocycles. The van der Waals surface area contributed by atoms with Crippen molar-refractivity contribution in [2.45, 2.75) is 80.8 Å². The fourth-order valence-electron chi connectivity index (χ4n) is 5.92. The summed E-state index contributed by atoms with van der Waals surface area (Å²) >= 11 is 0. The van der Waals surface area contributed by atoms with Gasteiger partial charge in [0.1, 0.15) is 11.1 Å². The summed E-state index contributed by atoms with van der Waals surface area (Å²) in [5.74, 6) is -0.366. The molecule has 3 saturated carbocycles. The smallest absolute Gasteiger partial charge is 0.291 e. The van der Waals surface area contributed by atoms with E-state index < -0.39 is 22.5 Å². The normalized spacial score (nSPS) is 20.9. The molecular weight excluding hydrogens is 466 g/mol. The van der Waals surface area contributed by atoms with E-state index in [4.69, 9.17) is 4.42 Å². The van der Waals surface area contributed by atoms with E-state index in [0.29, 0.717) is 55.4 Å². The summed E-state index contributed by atoms with van der Waals surface area (Å²) in [7, 11) is 0. The number of hydrogen-bond acceptors (Lipinski definition) is 5. The van der Waals surface area contributed by atoms with E-state index in [9.17, 15) is 20.0 Å². The van der Waals surface area contributed by atoms with Crippen LogP contribution in [0, 0.1) is 11.3 Å². The predicted molar refractivity (Wildman–Crippen MR) is 139 cm³/mol. The Morgan fingerprint density at radius 2 is 1.68 bits per heavy atom. The Labute approximate surface area is 215 Å². The molecule has 0 radical (unpaired) electrons. The van der Waals surface area contributed by atoms with Gasteiger partial charge in [-0.15, -0.1) is 0 Å². The van der Waals surface area contributed by atoms with Gasteiger partial charge in [-0.1, -0.05) is 43.5 Å². The zero-order chi connectivity index (χ0) is 25.7. The number of carbonyl (C=O) groups is 2. The number of hydrogen-bond donors (Lipinski definition) is 3. The van der Waals surface area contributed by atoms with Gasteiger partial charge < -0.3 is 20.2 Å². The first-order valence-electron chi connectivity index (χ1n) is 13.3. The molecule has 6 rings (SSSR count). The van der Waals surface area contributed by atoms with Gasteiger partial charge in [-0.25, -0.2) is 0 Å². The van der Waals surface area contributed by atoms with E-state index in [1.165, 1.54) is 0 Å². The number of rotatable bonds is 6. The maximum Gasteiger partial charge on any atom is 0.291 e. The third-order valence-corrected chi connectivity index (χ3v) is 8.61. The van der Waals surface area contributed by atoms with Gasteiger partial charge in [0.2, 0.25) is 5.91 Å². The number of aliphatic hydroxyl groups is 1. The van der Waals surface area contributed by atoms with Gasteiger partial charge in [0.15, 0.2) is 5.76 Å². The standard InChI is InChI=1S/C30H31N3O4/c31-19-28(15-16-28)33-27(35)29(11-4-1-5-12-29)22-18-21(30(36)13-6-14-30)9-10-23(22)32-26(34)25-17-20-7-2-3-8-24(20)37-25/h2-3,7-10,17-18,36H,1,4-6,11-16H2,(H,32,34)(H,33,35). The van der Waals surface area contributed by atoms with Crippen molar-refractivity contribution < 1.29 is 19.1 Å². The first-order valence-corrected chi connectivity index (χ1v) is 13.3. The largest absolute Gasteiger partial charge is 0.451 e. The fraction of sp³-hybridized carbons (Fsp3) is 0.433. The van der Waals surface area contributed by atoms with Crippen LogP contribution < -0.4 is 10.6 Å². The summed E-state index contributed by atoms with van der Waals surface area (Å²) in [6.45, 7) is 0. The molecule has 1 heterocycles. The Hall–Kier alpha value is -3.63. The van der Waals surface area contributed by atoms with Gasteiger partial charge in [0, 0.05) is 11.1 Å². The molecule has 3 aromatic rings. The van der Waals surface area contributed by atoms with Crippen molar-refractivity contribution in [1.29, 1.82) is 5.26 Å². The molecule has 2 amide bonds. The number of furan rings is 1. The quantitative estimate of drug-likeness (QED) is 0.420. The molecule has 0 saturated heterocycles. The molecule has 0 unspecified atom stereocenters. The van der Waals surface area contributed by atoms with E-state index in [1.807, 2.05) is 42.5 Å². The maximum atomic E-state index is 13.9. The molecule has 0 aliphatic heterocycles. The van der Waals surface area contributed by atoms with E-state index in [0.717, 1.165) is 36.6 Å². The zero-order valence-corrected chi connectivity index (χ0v) is 20.8. The van der Waals surface area contributed by atoms with Crippen LogP contribution in [0.2, 0.25) is 0 Å². The van der Waals surface area contributed by atoms with Gasteiger partial charge in [-0.2, -0.15) is 5.26 Å². The van der Waals surface area contributed by atoms with Gasteiger partial charge in [-0.3, -0.25) is 9.59 Å². The highest BCUT2D eigenvalue weighted by atomic mass is 16.3. The number of anilines is 1. The van der Waals surface area contributed by atoms with E-state index in [2.05, 4.69) is 16.7 Å². The lowest BCUT2D eigenvalue weighted by atomic mass is 9.66. The summed E-state index contributed by atoms with van der Waals surface area (Å²) in [6, 6.07) is 17.0. The summed E-state index contributed by atoms with van der Waals surface area (Å²) < 4.78 is 5.79. The highest BCUT2D eigenvalue weighted by Crippen LogP contribution is 2.48. The molecule has 7 heteroatoms. The average Bonchev–Trinajstić information content (AvgIpc) is 3.54. The van der Waals surface area contributed by atoms with Gasteiger partial charge in [0.05, 0.1) is 17.1 Å². The van der Waals surface area contributed by atoms with Crippen molar-refractivity contribution in [3.8, 4) is 6.07 Å². The molecule has 3 aliphatic rings. The summed E-state index contributed by atoms with van der Waals surface area (Å²) in [4.78, 5) is 27.3. The predicted octanol–water partition coefficient (Wildman–Crippen LogP) is 5.43. The summed E-state index contributed by atoms with van der Waals surface area (Å²) in [5.41, 5.74) is 0.0590. The Morgan fingerprint density at radius 1 is 0.919 bits per heavy atom. The van der Waals surface area contributed by atoms with E-state index in [-0.39, 0.29) is 11.7 Å². The topological polar surface area (TPSA) is 115 Å². The van der Waals surface area contributed by atoms with Crippen LogP contribution in [0.4, 0.5) is 5.69 Å². The Bertz CT molecular complexity index is 1390. The first-order chi connectivity index (χ1) is 17.9. The van der Waals surface area contributed by atoms with Crippen molar-refractivity contribution in [3.63, 3.8) is 0 Å². The minimum atomic E-state index is -0.910. The summed E-state index contributed by atoms with van der Waals surface area (Å²) in [6.07, 6.45) is 7.63. The van der Waals surface area contributed by atoms with E-state index >= 15 is 0 Å². The maximum absolute atomic E-state index is 13.9. The van der Waals surface area contributed by atoms with Gasteiger partial charge >= 0.3 is 0 Å². The second kappa shape index (κ2) is 8.74. The van der Waals surface area contributed by atoms with Crippen LogP contribution >= 0.6 is 0 Å². The SMILES string of the molecule is N#CC1(NC(=O)C2(c3cc(C4(O)CCC4)ccc3NC(=O)c3cc4ccccc4o3)CCCCC2)CC1. The van der Waals surface area contributed by atoms with Crippen molar-refractivity contribution in [3.05, 3.63) is 65.4 Å². The lowest BCUT2D eigenvalue weighted by Crippen LogP contribution is -2.50. The molecule has 37 heavy (non-hydrogen) atoms. The summed E-state index contributed by atoms with van der Waals surface area (Å²) in [5, 5.41) is 27.7. The monoisotopic (exact) mass is 497 g/mol. The molecule has 0 atom stereocenters. The fourth-order valence-corrected chi connectivity index (χ4v) is 5.92. The third-order valence-electron chi connectivity index (χ3n) is 8.61. The number of carbonyl (C=O) groups excluding carboxylic acids is 2. The highest BCUT2D eigenvalue weighted by Gasteiger charge is 2.51. The molecule has 0 bridgehead atoms. The Balaban J connectivity index is 1.41. The van der Waals surface area contributed by atoms with E-state index in [1.54, 1.807) is 6.07 Å². The van der Waals surface area contributed by atoms with Crippen LogP contribution in [0.3, 0.4) is 0 Å². The van der Waals surface area contributed by atoms with Crippen molar-refractivity contribution in [2.75, 3.05) is 5.32 Å². The number of nitriles is 1. The van der Waals surface area contributed by atoms with Crippen LogP contribution in [0.5, 0.6) is 0 Å². The van der Waals surface area contributed by atoms with Gasteiger partial charge in [0.25, 0.3) is 5.91 Å². The van der Waals surface area contributed by atoms with Crippen molar-refractivity contribution in [2.24, 2.45) is 0 Å². The lowest BCUT2D eigenvalue weighted by Gasteiger charge is -2.41. The first kappa shape index (κ1) is 23.7. The molecule has 1 aromatic heterocycles. The Morgan fingerprint density at radius 3 is 2.32 bits per heavy atom. The lowest BCUT2D eigenvalue weighted by molar-refractivity contribution is -0.128. The second-order valence-corrected chi connectivity index (χ2v) is 11.0. The highest BCUT2D eigenvalue weighted by molar-refractivity contribution is 6.06. The number of nitrogens with one attached hydrogen (secondary N) is 2. The molecular formula is C30H31N3O4. The Kier molecular flexibility index (Phi) is 5.61. The number of para-hydroxylation sites is 1. The third kappa shape index (κ3) is 4.10. The van der Waals surface area contributed by atoms with Crippen LogP contribution in [-0.2, 0) is 15.8 Å². The van der Waals surface area contributed by atoms with Crippen molar-refractivity contribution in [1.82, 2.24) is 5.32 Å². The molecule has 0 spiro atoms. The molecule has 7 nitrogen and oxygen atoms in total. The zero-order valence-electron chi connectivity index (χ0n) is 20.8. The van der Waals surface area contributed by atoms with Crippen LogP contribution in [0.15, 0.2) is 52.9 Å². The average molecular weight is 498 g/mol. The molecule has 3 fully saturated rings. The van der Waals surface area contributed by atoms with Crippen LogP contribution in [0.1, 0.15) is 85.9 Å². The number of benzene rings is 2. The number of nitrogens with zero attached hydrogens (tertiary/aromatic N) is 1. The molecule has 3 N–H and O–H groups in total. The second-order valence-electron chi connectivity index (χ2n) is 11.0. The van der Waals surface area contributed by atoms with Crippen LogP contribution in [-0.4, -0.2) is 22.5 Å². The van der Waals surface area contributed by atoms with Crippen LogP contribution in [0.25, 0.3) is 11.0 Å². The minimum absolute atomic E-state index is 0.164. The van der Waals surface area contributed by atoms with Crippen molar-refractivity contribution >= 4 is 28.5 Å². The number of amides is 2. The minimum Gasteiger partial charge on any atom is -0.451 e. The number of fused-ring (bicyclic) bond motifs is 1. The molecule has 190 valence electrons. The molecule has 3 aliphatic carbocycles.